The van der Waals surface area contributed by atoms with Crippen LogP contribution in [0.1, 0.15) is 27.0 Å². The summed E-state index contributed by atoms with van der Waals surface area (Å²) in [6.07, 6.45) is 1.54. The van der Waals surface area contributed by atoms with Crippen LogP contribution in [0.5, 0.6) is 5.75 Å². The summed E-state index contributed by atoms with van der Waals surface area (Å²) in [5.74, 6) is 0.242. The number of halogens is 1. The van der Waals surface area contributed by atoms with Crippen molar-refractivity contribution in [3.8, 4) is 16.9 Å². The highest BCUT2D eigenvalue weighted by atomic mass is 35.5. The Morgan fingerprint density at radius 1 is 1.04 bits per heavy atom. The van der Waals surface area contributed by atoms with Gasteiger partial charge in [-0.3, -0.25) is 0 Å². The Kier molecular flexibility index (Phi) is 5.54. The van der Waals surface area contributed by atoms with Crippen molar-refractivity contribution < 1.29 is 14.3 Å². The summed E-state index contributed by atoms with van der Waals surface area (Å²) in [7, 11) is 2.96. The molecule has 0 aliphatic carbocycles. The van der Waals surface area contributed by atoms with E-state index in [1.165, 1.54) is 7.11 Å². The predicted octanol–water partition coefficient (Wildman–Crippen LogP) is 4.87. The molecule has 0 aliphatic heterocycles. The molecule has 0 radical (unpaired) electrons. The molecule has 1 heterocycles. The van der Waals surface area contributed by atoms with Crippen LogP contribution in [0, 0.1) is 0 Å². The van der Waals surface area contributed by atoms with Crippen LogP contribution in [-0.4, -0.2) is 25.2 Å². The molecule has 0 saturated carbocycles. The van der Waals surface area contributed by atoms with Gasteiger partial charge in [-0.25, -0.2) is 9.78 Å². The van der Waals surface area contributed by atoms with Gasteiger partial charge in [-0.15, -0.1) is 11.6 Å². The predicted molar refractivity (Wildman–Crippen MR) is 102 cm³/mol. The molecule has 0 spiro atoms. The minimum Gasteiger partial charge on any atom is -0.496 e. The molecule has 3 rings (SSSR count). The van der Waals surface area contributed by atoms with Crippen LogP contribution in [0.4, 0.5) is 0 Å². The van der Waals surface area contributed by atoms with E-state index in [9.17, 15) is 4.79 Å². The lowest BCUT2D eigenvalue weighted by Crippen LogP contribution is -2.10. The average molecular weight is 368 g/mol. The Labute approximate surface area is 157 Å². The van der Waals surface area contributed by atoms with Gasteiger partial charge in [0.1, 0.15) is 5.75 Å². The second-order valence-electron chi connectivity index (χ2n) is 5.62. The lowest BCUT2D eigenvalue weighted by Gasteiger charge is -2.16. The van der Waals surface area contributed by atoms with E-state index in [4.69, 9.17) is 21.1 Å². The normalized spacial score (nSPS) is 11.7. The van der Waals surface area contributed by atoms with Crippen molar-refractivity contribution in [2.24, 2.45) is 0 Å². The summed E-state index contributed by atoms with van der Waals surface area (Å²) in [5, 5.41) is -0.550. The molecule has 0 fully saturated rings. The molecule has 2 aromatic carbocycles. The van der Waals surface area contributed by atoms with Crippen LogP contribution in [0.15, 0.2) is 66.9 Å². The molecule has 1 atom stereocenters. The van der Waals surface area contributed by atoms with Crippen molar-refractivity contribution in [2.45, 2.75) is 5.38 Å². The second kappa shape index (κ2) is 8.02. The van der Waals surface area contributed by atoms with E-state index in [0.717, 1.165) is 22.4 Å². The Morgan fingerprint density at radius 3 is 2.50 bits per heavy atom. The number of methoxy groups -OCH3 is 2. The maximum Gasteiger partial charge on any atom is 0.356 e. The zero-order valence-electron chi connectivity index (χ0n) is 14.5. The van der Waals surface area contributed by atoms with Gasteiger partial charge in [-0.1, -0.05) is 42.5 Å². The maximum atomic E-state index is 12.0. The lowest BCUT2D eigenvalue weighted by atomic mass is 9.97. The fourth-order valence-electron chi connectivity index (χ4n) is 2.80. The summed E-state index contributed by atoms with van der Waals surface area (Å²) in [6, 6.07) is 19.2. The van der Waals surface area contributed by atoms with Gasteiger partial charge in [0.2, 0.25) is 0 Å². The third-order valence-electron chi connectivity index (χ3n) is 4.09. The second-order valence-corrected chi connectivity index (χ2v) is 6.06. The van der Waals surface area contributed by atoms with Gasteiger partial charge in [0, 0.05) is 17.3 Å². The molecular weight excluding hydrogens is 350 g/mol. The van der Waals surface area contributed by atoms with Crippen molar-refractivity contribution in [1.29, 1.82) is 0 Å². The Bertz CT molecular complexity index is 912. The molecule has 1 unspecified atom stereocenters. The first-order chi connectivity index (χ1) is 12.7. The number of hydrogen-bond acceptors (Lipinski definition) is 4. The number of nitrogens with zero attached hydrogens (tertiary/aromatic N) is 1. The molecule has 0 amide bonds. The average Bonchev–Trinajstić information content (AvgIpc) is 2.72. The van der Waals surface area contributed by atoms with Gasteiger partial charge >= 0.3 is 5.97 Å². The zero-order chi connectivity index (χ0) is 18.5. The summed E-state index contributed by atoms with van der Waals surface area (Å²) in [4.78, 5) is 16.1. The van der Waals surface area contributed by atoms with Gasteiger partial charge < -0.3 is 9.47 Å². The topological polar surface area (TPSA) is 48.4 Å². The van der Waals surface area contributed by atoms with Gasteiger partial charge in [-0.2, -0.15) is 0 Å². The van der Waals surface area contributed by atoms with Gasteiger partial charge in [0.25, 0.3) is 0 Å². The van der Waals surface area contributed by atoms with Crippen LogP contribution in [0.3, 0.4) is 0 Å². The van der Waals surface area contributed by atoms with Crippen LogP contribution in [0.25, 0.3) is 11.1 Å². The maximum absolute atomic E-state index is 12.0. The summed E-state index contributed by atoms with van der Waals surface area (Å²) in [6.45, 7) is 0. The molecule has 0 saturated heterocycles. The van der Waals surface area contributed by atoms with Crippen molar-refractivity contribution in [2.75, 3.05) is 14.2 Å². The zero-order valence-corrected chi connectivity index (χ0v) is 15.2. The Morgan fingerprint density at radius 2 is 1.81 bits per heavy atom. The third-order valence-corrected chi connectivity index (χ3v) is 4.58. The molecule has 5 heteroatoms. The third kappa shape index (κ3) is 3.55. The summed E-state index contributed by atoms with van der Waals surface area (Å²) >= 11 is 6.70. The first-order valence-electron chi connectivity index (χ1n) is 8.06. The molecule has 0 N–H and O–H groups in total. The van der Waals surface area contributed by atoms with Gasteiger partial charge in [0.15, 0.2) is 5.69 Å². The number of hydrogen-bond donors (Lipinski definition) is 0. The molecule has 0 aliphatic rings. The fourth-order valence-corrected chi connectivity index (χ4v) is 3.11. The molecule has 132 valence electrons. The van der Waals surface area contributed by atoms with Gasteiger partial charge in [-0.05, 0) is 29.3 Å². The van der Waals surface area contributed by atoms with E-state index in [1.807, 2.05) is 48.5 Å². The van der Waals surface area contributed by atoms with E-state index in [1.54, 1.807) is 25.4 Å². The van der Waals surface area contributed by atoms with Gasteiger partial charge in [0.05, 0.1) is 19.6 Å². The highest BCUT2D eigenvalue weighted by Gasteiger charge is 2.21. The molecular formula is C21H18ClNO3. The molecule has 4 nitrogen and oxygen atoms in total. The SMILES string of the molecule is COC(=O)c1ncccc1C(Cl)c1ccc(OC)c(-c2ccccc2)c1. The minimum absolute atomic E-state index is 0.215. The molecule has 0 bridgehead atoms. The highest BCUT2D eigenvalue weighted by molar-refractivity contribution is 6.23. The lowest BCUT2D eigenvalue weighted by molar-refractivity contribution is 0.0592. The largest absolute Gasteiger partial charge is 0.496 e. The Hall–Kier alpha value is -2.85. The number of benzene rings is 2. The first-order valence-corrected chi connectivity index (χ1v) is 8.50. The van der Waals surface area contributed by atoms with E-state index in [2.05, 4.69) is 4.98 Å². The summed E-state index contributed by atoms with van der Waals surface area (Å²) < 4.78 is 10.3. The quantitative estimate of drug-likeness (QED) is 0.476. The number of rotatable bonds is 5. The number of pyridine rings is 1. The number of esters is 1. The number of carbonyl (C=O) groups excluding carboxylic acids is 1. The number of carbonyl (C=O) groups is 1. The smallest absolute Gasteiger partial charge is 0.356 e. The van der Waals surface area contributed by atoms with Crippen molar-refractivity contribution >= 4 is 17.6 Å². The molecule has 3 aromatic rings. The molecule has 1 aromatic heterocycles. The first kappa shape index (κ1) is 18.0. The van der Waals surface area contributed by atoms with E-state index in [0.29, 0.717) is 5.56 Å². The number of alkyl halides is 1. The van der Waals surface area contributed by atoms with Crippen molar-refractivity contribution in [1.82, 2.24) is 4.98 Å². The molecule has 26 heavy (non-hydrogen) atoms. The monoisotopic (exact) mass is 367 g/mol. The fraction of sp³-hybridized carbons (Fsp3) is 0.143. The summed E-state index contributed by atoms with van der Waals surface area (Å²) in [5.41, 5.74) is 3.61. The van der Waals surface area contributed by atoms with E-state index >= 15 is 0 Å². The van der Waals surface area contributed by atoms with Crippen molar-refractivity contribution in [3.05, 3.63) is 83.7 Å². The number of aromatic nitrogens is 1. The van der Waals surface area contributed by atoms with Crippen LogP contribution >= 0.6 is 11.6 Å². The number of ether oxygens (including phenoxy) is 2. The van der Waals surface area contributed by atoms with Crippen LogP contribution in [-0.2, 0) is 4.74 Å². The van der Waals surface area contributed by atoms with E-state index < -0.39 is 11.3 Å². The van der Waals surface area contributed by atoms with Crippen LogP contribution < -0.4 is 4.74 Å². The minimum atomic E-state index is -0.550. The standard InChI is InChI=1S/C21H18ClNO3/c1-25-18-11-10-15(13-17(18)14-7-4-3-5-8-14)19(22)16-9-6-12-23-20(16)21(24)26-2/h3-13,19H,1-2H3. The highest BCUT2D eigenvalue weighted by Crippen LogP contribution is 2.37. The van der Waals surface area contributed by atoms with Crippen molar-refractivity contribution in [3.63, 3.8) is 0 Å². The van der Waals surface area contributed by atoms with E-state index in [-0.39, 0.29) is 5.69 Å². The Balaban J connectivity index is 2.07. The van der Waals surface area contributed by atoms with Crippen LogP contribution in [0.2, 0.25) is 0 Å².